The van der Waals surface area contributed by atoms with Crippen LogP contribution in [0.25, 0.3) is 0 Å². The molecular weight excluding hydrogens is 284 g/mol. The van der Waals surface area contributed by atoms with Gasteiger partial charge in [0.2, 0.25) is 0 Å². The Morgan fingerprint density at radius 1 is 1.43 bits per heavy atom. The molecule has 0 aromatic carbocycles. The zero-order valence-electron chi connectivity index (χ0n) is 11.7. The van der Waals surface area contributed by atoms with E-state index in [1.54, 1.807) is 47.8 Å². The number of hydrogen-bond donors (Lipinski definition) is 1. The second-order valence-electron chi connectivity index (χ2n) is 4.47. The van der Waals surface area contributed by atoms with E-state index in [-0.39, 0.29) is 12.5 Å². The molecule has 0 aliphatic heterocycles. The van der Waals surface area contributed by atoms with Crippen LogP contribution in [0.4, 0.5) is 0 Å². The molecule has 0 aliphatic carbocycles. The van der Waals surface area contributed by atoms with Gasteiger partial charge in [-0.1, -0.05) is 11.8 Å². The molecule has 1 N–H and O–H groups in total. The first kappa shape index (κ1) is 15.2. The molecule has 0 unspecified atom stereocenters. The van der Waals surface area contributed by atoms with E-state index in [9.17, 15) is 4.79 Å². The lowest BCUT2D eigenvalue weighted by Gasteiger charge is -2.15. The first-order valence-electron chi connectivity index (χ1n) is 6.53. The second kappa shape index (κ2) is 7.58. The highest BCUT2D eigenvalue weighted by molar-refractivity contribution is 7.10. The van der Waals surface area contributed by atoms with E-state index in [1.807, 2.05) is 11.4 Å². The fraction of sp³-hybridized carbons (Fsp3) is 0.250. The van der Waals surface area contributed by atoms with Crippen LogP contribution in [0.15, 0.2) is 36.0 Å². The molecule has 2 aromatic rings. The van der Waals surface area contributed by atoms with Gasteiger partial charge in [0, 0.05) is 47.2 Å². The predicted molar refractivity (Wildman–Crippen MR) is 82.9 cm³/mol. The number of amides is 1. The smallest absolute Gasteiger partial charge is 0.254 e. The fourth-order valence-electron chi connectivity index (χ4n) is 1.77. The summed E-state index contributed by atoms with van der Waals surface area (Å²) in [4.78, 5) is 18.9. The van der Waals surface area contributed by atoms with Crippen molar-refractivity contribution in [3.63, 3.8) is 0 Å². The van der Waals surface area contributed by atoms with E-state index < -0.39 is 0 Å². The Balaban J connectivity index is 1.99. The highest BCUT2D eigenvalue weighted by Crippen LogP contribution is 2.16. The molecule has 0 atom stereocenters. The van der Waals surface area contributed by atoms with Crippen molar-refractivity contribution >= 4 is 17.2 Å². The molecule has 0 radical (unpaired) electrons. The van der Waals surface area contributed by atoms with Crippen molar-refractivity contribution in [2.24, 2.45) is 0 Å². The Bertz CT molecular complexity index is 656. The second-order valence-corrected chi connectivity index (χ2v) is 5.47. The maximum atomic E-state index is 12.2. The molecule has 2 heterocycles. The van der Waals surface area contributed by atoms with Crippen molar-refractivity contribution in [1.82, 2.24) is 9.88 Å². The Labute approximate surface area is 128 Å². The van der Waals surface area contributed by atoms with Gasteiger partial charge in [0.05, 0.1) is 13.2 Å². The molecule has 21 heavy (non-hydrogen) atoms. The van der Waals surface area contributed by atoms with Crippen molar-refractivity contribution in [3.05, 3.63) is 52.0 Å². The van der Waals surface area contributed by atoms with E-state index in [4.69, 9.17) is 5.11 Å². The highest BCUT2D eigenvalue weighted by atomic mass is 32.1. The van der Waals surface area contributed by atoms with Gasteiger partial charge in [0.1, 0.15) is 0 Å². The summed E-state index contributed by atoms with van der Waals surface area (Å²) in [5.74, 6) is 5.85. The maximum absolute atomic E-state index is 12.2. The summed E-state index contributed by atoms with van der Waals surface area (Å²) in [6, 6.07) is 5.39. The molecule has 0 saturated carbocycles. The molecule has 0 bridgehead atoms. The molecule has 4 nitrogen and oxygen atoms in total. The third-order valence-electron chi connectivity index (χ3n) is 2.79. The zero-order chi connectivity index (χ0) is 15.1. The van der Waals surface area contributed by atoms with Gasteiger partial charge in [-0.2, -0.15) is 0 Å². The lowest BCUT2D eigenvalue weighted by molar-refractivity contribution is 0.0786. The van der Waals surface area contributed by atoms with Crippen LogP contribution in [-0.4, -0.2) is 34.6 Å². The summed E-state index contributed by atoms with van der Waals surface area (Å²) in [7, 11) is 1.78. The minimum absolute atomic E-state index is 0.0290. The van der Waals surface area contributed by atoms with E-state index in [0.29, 0.717) is 18.5 Å². The molecule has 2 rings (SSSR count). The van der Waals surface area contributed by atoms with Gasteiger partial charge in [0.25, 0.3) is 5.91 Å². The number of thiophene rings is 1. The van der Waals surface area contributed by atoms with Crippen LogP contribution in [0.2, 0.25) is 0 Å². The number of aromatic nitrogens is 1. The third kappa shape index (κ3) is 4.42. The minimum atomic E-state index is -0.0290. The SMILES string of the molecule is CN(Cc1cc(C#CCCO)cs1)C(=O)c1ccncc1. The summed E-state index contributed by atoms with van der Waals surface area (Å²) in [6.45, 7) is 0.626. The van der Waals surface area contributed by atoms with Crippen molar-refractivity contribution in [2.45, 2.75) is 13.0 Å². The highest BCUT2D eigenvalue weighted by Gasteiger charge is 2.12. The molecule has 1 amide bonds. The van der Waals surface area contributed by atoms with E-state index >= 15 is 0 Å². The van der Waals surface area contributed by atoms with Crippen molar-refractivity contribution in [2.75, 3.05) is 13.7 Å². The minimum Gasteiger partial charge on any atom is -0.395 e. The number of pyridine rings is 1. The van der Waals surface area contributed by atoms with E-state index in [2.05, 4.69) is 16.8 Å². The van der Waals surface area contributed by atoms with Gasteiger partial charge in [-0.15, -0.1) is 11.3 Å². The Hall–Kier alpha value is -2.16. The number of carbonyl (C=O) groups is 1. The lowest BCUT2D eigenvalue weighted by Crippen LogP contribution is -2.25. The van der Waals surface area contributed by atoms with Crippen molar-refractivity contribution < 1.29 is 9.90 Å². The van der Waals surface area contributed by atoms with E-state index in [0.717, 1.165) is 10.4 Å². The molecular formula is C16H16N2O2S. The van der Waals surface area contributed by atoms with Gasteiger partial charge in [0.15, 0.2) is 0 Å². The summed E-state index contributed by atoms with van der Waals surface area (Å²) in [5.41, 5.74) is 1.56. The van der Waals surface area contributed by atoms with Crippen LogP contribution < -0.4 is 0 Å². The topological polar surface area (TPSA) is 53.4 Å². The summed E-state index contributed by atoms with van der Waals surface area (Å²) < 4.78 is 0. The van der Waals surface area contributed by atoms with Crippen LogP contribution in [0.1, 0.15) is 27.2 Å². The molecule has 0 fully saturated rings. The Morgan fingerprint density at radius 2 is 2.19 bits per heavy atom. The van der Waals surface area contributed by atoms with Gasteiger partial charge >= 0.3 is 0 Å². The maximum Gasteiger partial charge on any atom is 0.254 e. The van der Waals surface area contributed by atoms with E-state index in [1.165, 1.54) is 0 Å². The normalized spacial score (nSPS) is 9.81. The van der Waals surface area contributed by atoms with Crippen LogP contribution >= 0.6 is 11.3 Å². The Morgan fingerprint density at radius 3 is 2.90 bits per heavy atom. The summed E-state index contributed by atoms with van der Waals surface area (Å²) >= 11 is 1.58. The van der Waals surface area contributed by atoms with Crippen molar-refractivity contribution in [1.29, 1.82) is 0 Å². The van der Waals surface area contributed by atoms with Crippen LogP contribution in [0, 0.1) is 11.8 Å². The number of carbonyl (C=O) groups excluding carboxylic acids is 1. The summed E-state index contributed by atoms with van der Waals surface area (Å²) in [6.07, 6.45) is 3.70. The van der Waals surface area contributed by atoms with Gasteiger partial charge in [-0.05, 0) is 18.2 Å². The number of hydrogen-bond acceptors (Lipinski definition) is 4. The quantitative estimate of drug-likeness (QED) is 0.880. The molecule has 0 spiro atoms. The number of nitrogens with zero attached hydrogens (tertiary/aromatic N) is 2. The van der Waals surface area contributed by atoms with Crippen LogP contribution in [0.3, 0.4) is 0 Å². The van der Waals surface area contributed by atoms with Gasteiger partial charge in [-0.25, -0.2) is 0 Å². The monoisotopic (exact) mass is 300 g/mol. The van der Waals surface area contributed by atoms with Crippen molar-refractivity contribution in [3.8, 4) is 11.8 Å². The lowest BCUT2D eigenvalue weighted by atomic mass is 10.2. The number of rotatable bonds is 4. The zero-order valence-corrected chi connectivity index (χ0v) is 12.6. The fourth-order valence-corrected chi connectivity index (χ4v) is 2.64. The average Bonchev–Trinajstić information content (AvgIpc) is 2.95. The predicted octanol–water partition coefficient (Wildman–Crippen LogP) is 2.15. The number of aliphatic hydroxyl groups is 1. The first-order chi connectivity index (χ1) is 10.2. The van der Waals surface area contributed by atoms with Gasteiger partial charge < -0.3 is 10.0 Å². The molecule has 5 heteroatoms. The average molecular weight is 300 g/mol. The van der Waals surface area contributed by atoms with Crippen LogP contribution in [0.5, 0.6) is 0 Å². The largest absolute Gasteiger partial charge is 0.395 e. The Kier molecular flexibility index (Phi) is 5.50. The van der Waals surface area contributed by atoms with Gasteiger partial charge in [-0.3, -0.25) is 9.78 Å². The van der Waals surface area contributed by atoms with Crippen LogP contribution in [-0.2, 0) is 6.54 Å². The first-order valence-corrected chi connectivity index (χ1v) is 7.41. The molecule has 0 aliphatic rings. The standard InChI is InChI=1S/C16H16N2O2S/c1-18(16(20)14-5-7-17-8-6-14)11-15-10-13(12-21-15)4-2-3-9-19/h5-8,10,12,19H,3,9,11H2,1H3. The number of aliphatic hydroxyl groups excluding tert-OH is 1. The molecule has 2 aromatic heterocycles. The summed E-state index contributed by atoms with van der Waals surface area (Å²) in [5, 5.41) is 10.7. The molecule has 0 saturated heterocycles. The molecule has 108 valence electrons. The third-order valence-corrected chi connectivity index (χ3v) is 3.71.